The van der Waals surface area contributed by atoms with E-state index in [9.17, 15) is 0 Å². The molecule has 0 aromatic heterocycles. The average molecular weight is 290 g/mol. The van der Waals surface area contributed by atoms with Crippen LogP contribution in [0.25, 0.3) is 0 Å². The zero-order valence-corrected chi connectivity index (χ0v) is 14.0. The summed E-state index contributed by atoms with van der Waals surface area (Å²) in [6, 6.07) is 9.11. The molecule has 1 aromatic rings. The highest BCUT2D eigenvalue weighted by molar-refractivity contribution is 5.50. The summed E-state index contributed by atoms with van der Waals surface area (Å²) in [5.74, 6) is 0.924. The van der Waals surface area contributed by atoms with Gasteiger partial charge in [-0.3, -0.25) is 0 Å². The third-order valence-electron chi connectivity index (χ3n) is 4.36. The number of hydrogen-bond acceptors (Lipinski definition) is 3. The van der Waals surface area contributed by atoms with Crippen molar-refractivity contribution in [2.24, 2.45) is 5.41 Å². The summed E-state index contributed by atoms with van der Waals surface area (Å²) in [6.45, 7) is 6.86. The Hall–Kier alpha value is -1.22. The monoisotopic (exact) mass is 290 g/mol. The van der Waals surface area contributed by atoms with Crippen LogP contribution in [0.5, 0.6) is 5.75 Å². The van der Waals surface area contributed by atoms with Gasteiger partial charge in [0, 0.05) is 37.9 Å². The summed E-state index contributed by atoms with van der Waals surface area (Å²) < 4.78 is 5.33. The molecule has 1 saturated carbocycles. The maximum atomic E-state index is 5.33. The van der Waals surface area contributed by atoms with Crippen LogP contribution < -0.4 is 15.0 Å². The molecule has 0 amide bonds. The van der Waals surface area contributed by atoms with Gasteiger partial charge in [0.1, 0.15) is 5.75 Å². The molecule has 1 fully saturated rings. The zero-order chi connectivity index (χ0) is 15.3. The van der Waals surface area contributed by atoms with Crippen molar-refractivity contribution in [2.75, 3.05) is 32.1 Å². The first-order chi connectivity index (χ1) is 10.1. The zero-order valence-electron chi connectivity index (χ0n) is 14.0. The Morgan fingerprint density at radius 2 is 2.14 bits per heavy atom. The molecule has 0 bridgehead atoms. The van der Waals surface area contributed by atoms with Gasteiger partial charge in [-0.1, -0.05) is 26.3 Å². The number of benzene rings is 1. The van der Waals surface area contributed by atoms with Crippen molar-refractivity contribution in [3.63, 3.8) is 0 Å². The van der Waals surface area contributed by atoms with Gasteiger partial charge >= 0.3 is 0 Å². The molecule has 21 heavy (non-hydrogen) atoms. The summed E-state index contributed by atoms with van der Waals surface area (Å²) in [4.78, 5) is 2.35. The van der Waals surface area contributed by atoms with E-state index in [-0.39, 0.29) is 0 Å². The number of anilines is 1. The first kappa shape index (κ1) is 16.2. The van der Waals surface area contributed by atoms with E-state index in [2.05, 4.69) is 49.3 Å². The van der Waals surface area contributed by atoms with Gasteiger partial charge in [-0.25, -0.2) is 0 Å². The van der Waals surface area contributed by atoms with Crippen molar-refractivity contribution in [2.45, 2.75) is 45.6 Å². The molecule has 1 unspecified atom stereocenters. The minimum Gasteiger partial charge on any atom is -0.497 e. The van der Waals surface area contributed by atoms with E-state index in [1.165, 1.54) is 31.4 Å². The molecule has 0 aliphatic heterocycles. The summed E-state index contributed by atoms with van der Waals surface area (Å²) in [6.07, 6.45) is 5.19. The molecule has 2 rings (SSSR count). The smallest absolute Gasteiger partial charge is 0.120 e. The summed E-state index contributed by atoms with van der Waals surface area (Å²) in [5, 5.41) is 3.71. The molecule has 3 heteroatoms. The minimum atomic E-state index is 0.315. The van der Waals surface area contributed by atoms with Gasteiger partial charge in [0.15, 0.2) is 0 Å². The Bertz CT molecular complexity index is 445. The molecule has 3 nitrogen and oxygen atoms in total. The fraction of sp³-hybridized carbons (Fsp3) is 0.667. The predicted octanol–water partition coefficient (Wildman–Crippen LogP) is 3.69. The largest absolute Gasteiger partial charge is 0.497 e. The van der Waals surface area contributed by atoms with Gasteiger partial charge in [-0.05, 0) is 36.8 Å². The Morgan fingerprint density at radius 1 is 1.38 bits per heavy atom. The molecule has 1 aromatic carbocycles. The highest BCUT2D eigenvalue weighted by Crippen LogP contribution is 2.29. The molecule has 1 aliphatic rings. The second kappa shape index (κ2) is 7.17. The third-order valence-corrected chi connectivity index (χ3v) is 4.36. The molecule has 0 heterocycles. The molecular formula is C18H30N2O. The Morgan fingerprint density at radius 3 is 2.76 bits per heavy atom. The van der Waals surface area contributed by atoms with Crippen LogP contribution in [-0.2, 0) is 0 Å². The van der Waals surface area contributed by atoms with Crippen LogP contribution in [0.2, 0.25) is 0 Å². The average Bonchev–Trinajstić information content (AvgIpc) is 3.30. The fourth-order valence-electron chi connectivity index (χ4n) is 3.02. The van der Waals surface area contributed by atoms with Gasteiger partial charge in [-0.15, -0.1) is 0 Å². The van der Waals surface area contributed by atoms with Crippen LogP contribution in [0.1, 0.15) is 39.5 Å². The fourth-order valence-corrected chi connectivity index (χ4v) is 3.02. The standard InChI is InChI=1S/C18H30N2O/c1-5-11-18(2,13-19-15-9-10-15)14-20(3)16-7-6-8-17(12-16)21-4/h6-8,12,15,19H,5,9-11,13-14H2,1-4H3. The van der Waals surface area contributed by atoms with Gasteiger partial charge in [0.2, 0.25) is 0 Å². The van der Waals surface area contributed by atoms with Crippen LogP contribution in [-0.4, -0.2) is 33.3 Å². The number of methoxy groups -OCH3 is 1. The maximum absolute atomic E-state index is 5.33. The highest BCUT2D eigenvalue weighted by Gasteiger charge is 2.29. The lowest BCUT2D eigenvalue weighted by Gasteiger charge is -2.35. The van der Waals surface area contributed by atoms with Gasteiger partial charge in [0.25, 0.3) is 0 Å². The molecule has 0 saturated heterocycles. The molecule has 1 N–H and O–H groups in total. The lowest BCUT2D eigenvalue weighted by atomic mass is 9.84. The van der Waals surface area contributed by atoms with Crippen LogP contribution in [0.4, 0.5) is 5.69 Å². The van der Waals surface area contributed by atoms with Crippen LogP contribution in [0.15, 0.2) is 24.3 Å². The first-order valence-electron chi connectivity index (χ1n) is 8.15. The highest BCUT2D eigenvalue weighted by atomic mass is 16.5. The first-order valence-corrected chi connectivity index (χ1v) is 8.15. The van der Waals surface area contributed by atoms with E-state index in [0.717, 1.165) is 24.9 Å². The number of nitrogens with one attached hydrogen (secondary N) is 1. The Labute approximate surface area is 129 Å². The van der Waals surface area contributed by atoms with Crippen LogP contribution in [0.3, 0.4) is 0 Å². The topological polar surface area (TPSA) is 24.5 Å². The van der Waals surface area contributed by atoms with Gasteiger partial charge in [-0.2, -0.15) is 0 Å². The van der Waals surface area contributed by atoms with Crippen LogP contribution in [0, 0.1) is 5.41 Å². The Balaban J connectivity index is 1.99. The van der Waals surface area contributed by atoms with Gasteiger partial charge in [0.05, 0.1) is 7.11 Å². The number of rotatable bonds is 9. The molecule has 0 radical (unpaired) electrons. The number of ether oxygens (including phenoxy) is 1. The molecule has 1 aliphatic carbocycles. The summed E-state index contributed by atoms with van der Waals surface area (Å²) in [7, 11) is 3.90. The van der Waals surface area contributed by atoms with Crippen LogP contribution >= 0.6 is 0 Å². The number of nitrogens with zero attached hydrogens (tertiary/aromatic N) is 1. The lowest BCUT2D eigenvalue weighted by Crippen LogP contribution is -2.41. The van der Waals surface area contributed by atoms with E-state index in [0.29, 0.717) is 5.41 Å². The molecule has 118 valence electrons. The Kier molecular flexibility index (Phi) is 5.51. The molecular weight excluding hydrogens is 260 g/mol. The SMILES string of the molecule is CCCC(C)(CNC1CC1)CN(C)c1cccc(OC)c1. The summed E-state index contributed by atoms with van der Waals surface area (Å²) >= 11 is 0. The van der Waals surface area contributed by atoms with E-state index >= 15 is 0 Å². The van der Waals surface area contributed by atoms with E-state index in [1.54, 1.807) is 7.11 Å². The quantitative estimate of drug-likeness (QED) is 0.750. The molecule has 0 spiro atoms. The van der Waals surface area contributed by atoms with Crippen molar-refractivity contribution in [3.8, 4) is 5.75 Å². The van der Waals surface area contributed by atoms with Crippen molar-refractivity contribution < 1.29 is 4.74 Å². The maximum Gasteiger partial charge on any atom is 0.120 e. The third kappa shape index (κ3) is 4.92. The van der Waals surface area contributed by atoms with E-state index in [1.807, 2.05) is 6.07 Å². The second-order valence-corrected chi connectivity index (χ2v) is 6.77. The minimum absolute atomic E-state index is 0.315. The lowest BCUT2D eigenvalue weighted by molar-refractivity contribution is 0.283. The number of hydrogen-bond donors (Lipinski definition) is 1. The second-order valence-electron chi connectivity index (χ2n) is 6.77. The van der Waals surface area contributed by atoms with E-state index < -0.39 is 0 Å². The van der Waals surface area contributed by atoms with E-state index in [4.69, 9.17) is 4.74 Å². The predicted molar refractivity (Wildman–Crippen MR) is 90.3 cm³/mol. The van der Waals surface area contributed by atoms with Crippen molar-refractivity contribution >= 4 is 5.69 Å². The van der Waals surface area contributed by atoms with Crippen molar-refractivity contribution in [3.05, 3.63) is 24.3 Å². The molecule has 1 atom stereocenters. The van der Waals surface area contributed by atoms with Crippen molar-refractivity contribution in [1.29, 1.82) is 0 Å². The summed E-state index contributed by atoms with van der Waals surface area (Å²) in [5.41, 5.74) is 1.54. The normalized spacial score (nSPS) is 17.3. The van der Waals surface area contributed by atoms with Gasteiger partial charge < -0.3 is 15.0 Å². The van der Waals surface area contributed by atoms with Crippen molar-refractivity contribution in [1.82, 2.24) is 5.32 Å².